The van der Waals surface area contributed by atoms with Crippen LogP contribution in [-0.2, 0) is 0 Å². The van der Waals surface area contributed by atoms with E-state index >= 15 is 0 Å². The number of aryl methyl sites for hydroxylation is 1. The Morgan fingerprint density at radius 3 is 2.58 bits per heavy atom. The molecule has 33 heavy (non-hydrogen) atoms. The standard InChI is InChI=1S/C25H26N6O2/c1-14(2)24(32)16-5-6-27-22(8-16)25(33)31-19-9-20(15(3)28-13-19)17-7-18-12-30-23(26-4)10-21(18)29-11-17/h5-14,24,32H,1-4H3,(H,26,30)(H,31,33). The molecule has 0 bridgehead atoms. The van der Waals surface area contributed by atoms with Gasteiger partial charge in [0.15, 0.2) is 0 Å². The third-order valence-corrected chi connectivity index (χ3v) is 5.47. The molecular formula is C25H26N6O2. The van der Waals surface area contributed by atoms with Crippen LogP contribution in [0.5, 0.6) is 0 Å². The van der Waals surface area contributed by atoms with Crippen LogP contribution in [0.2, 0.25) is 0 Å². The van der Waals surface area contributed by atoms with E-state index in [1.807, 2.05) is 46.0 Å². The van der Waals surface area contributed by atoms with Gasteiger partial charge in [0.05, 0.1) is 23.5 Å². The minimum absolute atomic E-state index is 0.0303. The Morgan fingerprint density at radius 2 is 1.82 bits per heavy atom. The number of fused-ring (bicyclic) bond motifs is 1. The van der Waals surface area contributed by atoms with Crippen LogP contribution in [0.3, 0.4) is 0 Å². The third-order valence-electron chi connectivity index (χ3n) is 5.47. The highest BCUT2D eigenvalue weighted by Crippen LogP contribution is 2.28. The van der Waals surface area contributed by atoms with Gasteiger partial charge in [0.2, 0.25) is 0 Å². The van der Waals surface area contributed by atoms with E-state index < -0.39 is 6.10 Å². The molecule has 4 aromatic rings. The summed E-state index contributed by atoms with van der Waals surface area (Å²) in [5, 5.41) is 17.1. The van der Waals surface area contributed by atoms with Crippen molar-refractivity contribution in [3.63, 3.8) is 0 Å². The monoisotopic (exact) mass is 442 g/mol. The van der Waals surface area contributed by atoms with E-state index in [4.69, 9.17) is 0 Å². The minimum Gasteiger partial charge on any atom is -0.388 e. The number of aliphatic hydroxyl groups excluding tert-OH is 1. The topological polar surface area (TPSA) is 113 Å². The van der Waals surface area contributed by atoms with Crippen LogP contribution >= 0.6 is 0 Å². The number of nitrogens with zero attached hydrogens (tertiary/aromatic N) is 4. The highest BCUT2D eigenvalue weighted by molar-refractivity contribution is 6.03. The second kappa shape index (κ2) is 9.30. The van der Waals surface area contributed by atoms with Gasteiger partial charge in [-0.2, -0.15) is 0 Å². The van der Waals surface area contributed by atoms with Crippen LogP contribution in [0.4, 0.5) is 11.5 Å². The van der Waals surface area contributed by atoms with Crippen LogP contribution in [-0.4, -0.2) is 38.0 Å². The Kier molecular flexibility index (Phi) is 6.28. The first-order chi connectivity index (χ1) is 15.9. The lowest BCUT2D eigenvalue weighted by atomic mass is 9.99. The Morgan fingerprint density at radius 1 is 1.00 bits per heavy atom. The normalized spacial score (nSPS) is 12.1. The lowest BCUT2D eigenvalue weighted by Gasteiger charge is -2.15. The van der Waals surface area contributed by atoms with Gasteiger partial charge in [0, 0.05) is 53.9 Å². The van der Waals surface area contributed by atoms with E-state index in [0.29, 0.717) is 11.3 Å². The molecule has 0 spiro atoms. The molecule has 0 aliphatic carbocycles. The molecule has 0 aliphatic rings. The van der Waals surface area contributed by atoms with Gasteiger partial charge in [-0.05, 0) is 42.7 Å². The lowest BCUT2D eigenvalue weighted by Crippen LogP contribution is -2.15. The second-order valence-corrected chi connectivity index (χ2v) is 8.21. The van der Waals surface area contributed by atoms with Crippen molar-refractivity contribution in [1.29, 1.82) is 0 Å². The maximum atomic E-state index is 12.8. The average Bonchev–Trinajstić information content (AvgIpc) is 2.84. The number of amides is 1. The summed E-state index contributed by atoms with van der Waals surface area (Å²) >= 11 is 0. The molecule has 1 amide bonds. The van der Waals surface area contributed by atoms with Crippen LogP contribution in [0.1, 0.15) is 41.7 Å². The number of aliphatic hydroxyl groups is 1. The highest BCUT2D eigenvalue weighted by atomic mass is 16.3. The zero-order valence-electron chi connectivity index (χ0n) is 19.0. The lowest BCUT2D eigenvalue weighted by molar-refractivity contribution is 0.102. The molecule has 0 radical (unpaired) electrons. The molecule has 1 atom stereocenters. The van der Waals surface area contributed by atoms with E-state index in [2.05, 4.69) is 30.6 Å². The van der Waals surface area contributed by atoms with Crippen LogP contribution in [0.15, 0.2) is 55.1 Å². The summed E-state index contributed by atoms with van der Waals surface area (Å²) in [6, 6.07) is 9.09. The quantitative estimate of drug-likeness (QED) is 0.406. The molecule has 8 heteroatoms. The molecule has 3 N–H and O–H groups in total. The molecule has 0 aliphatic heterocycles. The fourth-order valence-corrected chi connectivity index (χ4v) is 3.53. The van der Waals surface area contributed by atoms with Crippen molar-refractivity contribution in [1.82, 2.24) is 19.9 Å². The van der Waals surface area contributed by atoms with Gasteiger partial charge in [0.25, 0.3) is 5.91 Å². The van der Waals surface area contributed by atoms with Gasteiger partial charge in [-0.1, -0.05) is 13.8 Å². The predicted octanol–water partition coefficient (Wildman–Crippen LogP) is 4.38. The van der Waals surface area contributed by atoms with E-state index in [9.17, 15) is 9.90 Å². The van der Waals surface area contributed by atoms with Crippen molar-refractivity contribution in [2.75, 3.05) is 17.7 Å². The third kappa shape index (κ3) is 4.80. The Hall–Kier alpha value is -3.91. The average molecular weight is 443 g/mol. The highest BCUT2D eigenvalue weighted by Gasteiger charge is 2.16. The molecule has 4 heterocycles. The van der Waals surface area contributed by atoms with Crippen molar-refractivity contribution < 1.29 is 9.90 Å². The number of hydrogen-bond acceptors (Lipinski definition) is 7. The molecule has 168 valence electrons. The second-order valence-electron chi connectivity index (χ2n) is 8.21. The Bertz CT molecular complexity index is 1320. The molecule has 0 saturated heterocycles. The zero-order chi connectivity index (χ0) is 23.5. The first-order valence-corrected chi connectivity index (χ1v) is 10.7. The molecule has 4 aromatic heterocycles. The molecule has 0 fully saturated rings. The summed E-state index contributed by atoms with van der Waals surface area (Å²) in [4.78, 5) is 30.3. The number of aromatic nitrogens is 4. The Balaban J connectivity index is 1.61. The first kappa shape index (κ1) is 22.3. The molecular weight excluding hydrogens is 416 g/mol. The van der Waals surface area contributed by atoms with E-state index in [1.54, 1.807) is 30.7 Å². The predicted molar refractivity (Wildman–Crippen MR) is 129 cm³/mol. The van der Waals surface area contributed by atoms with Crippen molar-refractivity contribution in [3.05, 3.63) is 72.1 Å². The van der Waals surface area contributed by atoms with Gasteiger partial charge >= 0.3 is 0 Å². The molecule has 1 unspecified atom stereocenters. The largest absolute Gasteiger partial charge is 0.388 e. The summed E-state index contributed by atoms with van der Waals surface area (Å²) < 4.78 is 0. The van der Waals surface area contributed by atoms with Gasteiger partial charge in [0.1, 0.15) is 11.5 Å². The zero-order valence-corrected chi connectivity index (χ0v) is 19.0. The van der Waals surface area contributed by atoms with Crippen LogP contribution in [0, 0.1) is 12.8 Å². The summed E-state index contributed by atoms with van der Waals surface area (Å²) in [6.07, 6.45) is 6.04. The Labute approximate surface area is 192 Å². The maximum Gasteiger partial charge on any atom is 0.274 e. The summed E-state index contributed by atoms with van der Waals surface area (Å²) in [6.45, 7) is 5.75. The maximum absolute atomic E-state index is 12.8. The van der Waals surface area contributed by atoms with E-state index in [-0.39, 0.29) is 17.5 Å². The smallest absolute Gasteiger partial charge is 0.274 e. The molecule has 0 saturated carbocycles. The number of hydrogen-bond donors (Lipinski definition) is 3. The van der Waals surface area contributed by atoms with Gasteiger partial charge in [-0.3, -0.25) is 19.7 Å². The number of carbonyl (C=O) groups excluding carboxylic acids is 1. The molecule has 4 rings (SSSR count). The van der Waals surface area contributed by atoms with Crippen molar-refractivity contribution in [2.24, 2.45) is 5.92 Å². The number of pyridine rings is 4. The summed E-state index contributed by atoms with van der Waals surface area (Å²) in [5.74, 6) is 0.413. The van der Waals surface area contributed by atoms with Gasteiger partial charge in [-0.15, -0.1) is 0 Å². The summed E-state index contributed by atoms with van der Waals surface area (Å²) in [5.41, 5.74) is 4.82. The SMILES string of the molecule is CNc1cc2ncc(-c3cc(NC(=O)c4cc(C(O)C(C)C)ccn4)cnc3C)cc2cn1. The van der Waals surface area contributed by atoms with Crippen molar-refractivity contribution in [3.8, 4) is 11.1 Å². The molecule has 8 nitrogen and oxygen atoms in total. The molecule has 0 aromatic carbocycles. The number of carbonyl (C=O) groups is 1. The van der Waals surface area contributed by atoms with Crippen LogP contribution in [0.25, 0.3) is 22.0 Å². The van der Waals surface area contributed by atoms with E-state index in [1.165, 1.54) is 6.20 Å². The van der Waals surface area contributed by atoms with Gasteiger partial charge < -0.3 is 15.7 Å². The van der Waals surface area contributed by atoms with Crippen molar-refractivity contribution in [2.45, 2.75) is 26.9 Å². The fourth-order valence-electron chi connectivity index (χ4n) is 3.53. The van der Waals surface area contributed by atoms with Gasteiger partial charge in [-0.25, -0.2) is 4.98 Å². The number of rotatable bonds is 6. The number of anilines is 2. The summed E-state index contributed by atoms with van der Waals surface area (Å²) in [7, 11) is 1.82. The fraction of sp³-hybridized carbons (Fsp3) is 0.240. The first-order valence-electron chi connectivity index (χ1n) is 10.7. The van der Waals surface area contributed by atoms with Crippen LogP contribution < -0.4 is 10.6 Å². The number of nitrogens with one attached hydrogen (secondary N) is 2. The van der Waals surface area contributed by atoms with E-state index in [0.717, 1.165) is 33.5 Å². The minimum atomic E-state index is -0.661. The van der Waals surface area contributed by atoms with Crippen molar-refractivity contribution >= 4 is 28.3 Å².